The van der Waals surface area contributed by atoms with Gasteiger partial charge in [0.25, 0.3) is 0 Å². The zero-order valence-corrected chi connectivity index (χ0v) is 18.0. The molecule has 2 fully saturated rings. The van der Waals surface area contributed by atoms with Gasteiger partial charge < -0.3 is 15.1 Å². The lowest BCUT2D eigenvalue weighted by molar-refractivity contribution is -0.118. The first-order chi connectivity index (χ1) is 15.3. The van der Waals surface area contributed by atoms with E-state index in [2.05, 4.69) is 15.2 Å². The molecule has 31 heavy (non-hydrogen) atoms. The van der Waals surface area contributed by atoms with Gasteiger partial charge in [-0.25, -0.2) is 4.39 Å². The lowest BCUT2D eigenvalue weighted by Gasteiger charge is -2.44. The Morgan fingerprint density at radius 2 is 2.10 bits per heavy atom. The summed E-state index contributed by atoms with van der Waals surface area (Å²) in [6.07, 6.45) is 3.01. The lowest BCUT2D eigenvalue weighted by Crippen LogP contribution is -2.57. The normalized spacial score (nSPS) is 22.2. The van der Waals surface area contributed by atoms with E-state index < -0.39 is 5.41 Å². The first kappa shape index (κ1) is 18.8. The van der Waals surface area contributed by atoms with Gasteiger partial charge in [0.05, 0.1) is 6.79 Å². The van der Waals surface area contributed by atoms with E-state index in [4.69, 9.17) is 1.37 Å². The largest absolute Gasteiger partial charge is 0.368 e. The summed E-state index contributed by atoms with van der Waals surface area (Å²) in [7, 11) is 3.99. The molecular formula is C25H27FN4O. The van der Waals surface area contributed by atoms with Gasteiger partial charge in [0.1, 0.15) is 11.3 Å². The molecule has 1 aliphatic heterocycles. The third kappa shape index (κ3) is 3.35. The maximum atomic E-state index is 14.3. The number of likely N-dealkylation sites (N-methyl/N-ethyl adjacent to an activating group) is 1. The van der Waals surface area contributed by atoms with Crippen LogP contribution in [-0.4, -0.2) is 49.0 Å². The SMILES string of the molecule is [2H]C1C(N(C)C)CN1c1ccc(C)c(NC(=O)C2(c3ccc(F)c4ncccc34)CC2)c1. The Bertz CT molecular complexity index is 1210. The Labute approximate surface area is 183 Å². The number of nitrogens with one attached hydrogen (secondary N) is 1. The molecule has 5 rings (SSSR count). The van der Waals surface area contributed by atoms with E-state index >= 15 is 0 Å². The molecule has 2 aromatic carbocycles. The number of carbonyl (C=O) groups excluding carboxylic acids is 1. The van der Waals surface area contributed by atoms with Crippen molar-refractivity contribution in [1.82, 2.24) is 9.88 Å². The van der Waals surface area contributed by atoms with Crippen LogP contribution in [-0.2, 0) is 10.2 Å². The Hall–Kier alpha value is -2.99. The van der Waals surface area contributed by atoms with Gasteiger partial charge in [0.2, 0.25) is 5.91 Å². The molecule has 5 nitrogen and oxygen atoms in total. The number of anilines is 2. The van der Waals surface area contributed by atoms with E-state index in [1.165, 1.54) is 6.07 Å². The molecule has 2 heterocycles. The van der Waals surface area contributed by atoms with Gasteiger partial charge in [0.15, 0.2) is 0 Å². The fraction of sp³-hybridized carbons (Fsp3) is 0.360. The molecule has 1 N–H and O–H groups in total. The predicted octanol–water partition coefficient (Wildman–Crippen LogP) is 4.10. The molecule has 6 heteroatoms. The van der Waals surface area contributed by atoms with E-state index in [1.54, 1.807) is 18.3 Å². The molecule has 1 saturated heterocycles. The average Bonchev–Trinajstić information content (AvgIpc) is 3.57. The average molecular weight is 420 g/mol. The van der Waals surface area contributed by atoms with Crippen molar-refractivity contribution in [2.75, 3.05) is 37.4 Å². The maximum absolute atomic E-state index is 14.3. The molecule has 1 amide bonds. The smallest absolute Gasteiger partial charge is 0.235 e. The number of amides is 1. The van der Waals surface area contributed by atoms with Crippen LogP contribution in [0.1, 0.15) is 25.3 Å². The molecule has 0 spiro atoms. The van der Waals surface area contributed by atoms with Crippen LogP contribution in [0, 0.1) is 12.7 Å². The number of aromatic nitrogens is 1. The van der Waals surface area contributed by atoms with Crippen LogP contribution < -0.4 is 10.2 Å². The molecule has 0 radical (unpaired) electrons. The standard InChI is InChI=1S/C25H27FN4O/c1-16-6-7-17(30-14-18(15-30)29(2)3)13-22(16)28-24(31)25(10-11-25)20-8-9-21(26)23-19(20)5-4-12-27-23/h4-9,12-13,18H,10-11,14-15H2,1-3H3,(H,28,31)/i14D. The second kappa shape index (κ2) is 7.31. The number of carbonyl (C=O) groups is 1. The monoisotopic (exact) mass is 419 g/mol. The number of hydrogen-bond donors (Lipinski definition) is 1. The topological polar surface area (TPSA) is 48.5 Å². The van der Waals surface area contributed by atoms with Crippen molar-refractivity contribution in [1.29, 1.82) is 0 Å². The molecule has 3 aromatic rings. The molecule has 1 saturated carbocycles. The van der Waals surface area contributed by atoms with Crippen LogP contribution in [0.25, 0.3) is 10.9 Å². The fourth-order valence-corrected chi connectivity index (χ4v) is 4.33. The Morgan fingerprint density at radius 1 is 1.29 bits per heavy atom. The molecule has 1 aliphatic carbocycles. The Kier molecular flexibility index (Phi) is 4.42. The van der Waals surface area contributed by atoms with Crippen LogP contribution in [0.5, 0.6) is 0 Å². The summed E-state index contributed by atoms with van der Waals surface area (Å²) >= 11 is 0. The first-order valence-corrected chi connectivity index (χ1v) is 10.6. The summed E-state index contributed by atoms with van der Waals surface area (Å²) in [5, 5.41) is 3.82. The molecular weight excluding hydrogens is 391 g/mol. The summed E-state index contributed by atoms with van der Waals surface area (Å²) in [6.45, 7) is 2.42. The lowest BCUT2D eigenvalue weighted by atomic mass is 9.91. The highest BCUT2D eigenvalue weighted by Gasteiger charge is 2.52. The summed E-state index contributed by atoms with van der Waals surface area (Å²) in [6, 6.07) is 12.9. The van der Waals surface area contributed by atoms with Crippen LogP contribution in [0.15, 0.2) is 48.7 Å². The van der Waals surface area contributed by atoms with E-state index in [-0.39, 0.29) is 24.3 Å². The Balaban J connectivity index is 1.42. The number of nitrogens with zero attached hydrogens (tertiary/aromatic N) is 3. The summed E-state index contributed by atoms with van der Waals surface area (Å²) in [5.41, 5.74) is 3.12. The third-order valence-corrected chi connectivity index (χ3v) is 6.62. The highest BCUT2D eigenvalue weighted by atomic mass is 19.1. The zero-order valence-electron chi connectivity index (χ0n) is 19.0. The summed E-state index contributed by atoms with van der Waals surface area (Å²) in [5.74, 6) is -0.452. The molecule has 2 aliphatic rings. The maximum Gasteiger partial charge on any atom is 0.235 e. The number of hydrogen-bond acceptors (Lipinski definition) is 4. The molecule has 0 bridgehead atoms. The predicted molar refractivity (Wildman–Crippen MR) is 122 cm³/mol. The minimum atomic E-state index is -0.665. The quantitative estimate of drug-likeness (QED) is 0.676. The van der Waals surface area contributed by atoms with Crippen molar-refractivity contribution in [3.63, 3.8) is 0 Å². The van der Waals surface area contributed by atoms with Crippen molar-refractivity contribution >= 4 is 28.2 Å². The van der Waals surface area contributed by atoms with Crippen molar-refractivity contribution in [3.8, 4) is 0 Å². The van der Waals surface area contributed by atoms with Crippen molar-refractivity contribution in [2.24, 2.45) is 0 Å². The van der Waals surface area contributed by atoms with Gasteiger partial charge in [-0.05, 0) is 69.3 Å². The molecule has 2 unspecified atom stereocenters. The number of benzene rings is 2. The number of fused-ring (bicyclic) bond motifs is 1. The van der Waals surface area contributed by atoms with Crippen molar-refractivity contribution < 1.29 is 10.6 Å². The van der Waals surface area contributed by atoms with Crippen LogP contribution in [0.3, 0.4) is 0 Å². The summed E-state index contributed by atoms with van der Waals surface area (Å²) < 4.78 is 22.7. The van der Waals surface area contributed by atoms with Crippen molar-refractivity contribution in [3.05, 3.63) is 65.6 Å². The number of pyridine rings is 1. The molecule has 160 valence electrons. The van der Waals surface area contributed by atoms with Crippen LogP contribution in [0.4, 0.5) is 15.8 Å². The van der Waals surface area contributed by atoms with Gasteiger partial charge in [-0.1, -0.05) is 18.2 Å². The van der Waals surface area contributed by atoms with E-state index in [0.29, 0.717) is 10.9 Å². The summed E-state index contributed by atoms with van der Waals surface area (Å²) in [4.78, 5) is 21.8. The number of halogens is 1. The Morgan fingerprint density at radius 3 is 2.81 bits per heavy atom. The van der Waals surface area contributed by atoms with Crippen molar-refractivity contribution in [2.45, 2.75) is 31.2 Å². The second-order valence-electron chi connectivity index (χ2n) is 8.86. The van der Waals surface area contributed by atoms with E-state index in [9.17, 15) is 9.18 Å². The number of rotatable bonds is 5. The van der Waals surface area contributed by atoms with Crippen LogP contribution in [0.2, 0.25) is 0 Å². The van der Waals surface area contributed by atoms with E-state index in [0.717, 1.165) is 41.9 Å². The van der Waals surface area contributed by atoms with Gasteiger partial charge in [-0.2, -0.15) is 0 Å². The molecule has 1 aromatic heterocycles. The van der Waals surface area contributed by atoms with Gasteiger partial charge in [-0.3, -0.25) is 9.78 Å². The zero-order chi connectivity index (χ0) is 22.6. The van der Waals surface area contributed by atoms with Gasteiger partial charge in [-0.15, -0.1) is 0 Å². The second-order valence-corrected chi connectivity index (χ2v) is 8.86. The highest BCUT2D eigenvalue weighted by molar-refractivity contribution is 6.05. The van der Waals surface area contributed by atoms with Gasteiger partial charge >= 0.3 is 0 Å². The van der Waals surface area contributed by atoms with Gasteiger partial charge in [0, 0.05) is 42.1 Å². The van der Waals surface area contributed by atoms with Crippen LogP contribution >= 0.6 is 0 Å². The molecule has 2 atom stereocenters. The minimum Gasteiger partial charge on any atom is -0.368 e. The first-order valence-electron chi connectivity index (χ1n) is 11.2. The van der Waals surface area contributed by atoms with E-state index in [1.807, 2.05) is 50.2 Å². The fourth-order valence-electron chi connectivity index (χ4n) is 4.33. The third-order valence-electron chi connectivity index (χ3n) is 6.62. The number of aryl methyl sites for hydroxylation is 1. The minimum absolute atomic E-state index is 0.0771. The highest BCUT2D eigenvalue weighted by Crippen LogP contribution is 2.51.